The van der Waals surface area contributed by atoms with Crippen LogP contribution in [-0.2, 0) is 16.1 Å². The van der Waals surface area contributed by atoms with E-state index in [0.717, 1.165) is 37.7 Å². The summed E-state index contributed by atoms with van der Waals surface area (Å²) in [6.45, 7) is 8.98. The van der Waals surface area contributed by atoms with Crippen molar-refractivity contribution in [3.8, 4) is 5.75 Å². The van der Waals surface area contributed by atoms with E-state index in [9.17, 15) is 9.18 Å². The Kier molecular flexibility index (Phi) is 8.27. The van der Waals surface area contributed by atoms with Crippen LogP contribution in [0.3, 0.4) is 0 Å². The molecule has 0 radical (unpaired) electrons. The normalized spacial score (nSPS) is 18.4. The van der Waals surface area contributed by atoms with Crippen LogP contribution < -0.4 is 10.1 Å². The van der Waals surface area contributed by atoms with Crippen molar-refractivity contribution in [2.24, 2.45) is 4.99 Å². The molecule has 0 bridgehead atoms. The summed E-state index contributed by atoms with van der Waals surface area (Å²) in [6.07, 6.45) is 0. The van der Waals surface area contributed by atoms with Crippen LogP contribution in [0.15, 0.2) is 23.2 Å². The minimum atomic E-state index is -0.357. The number of hydrogen-bond acceptors (Lipinski definition) is 5. The average molecular weight is 422 g/mol. The Morgan fingerprint density at radius 3 is 2.53 bits per heavy atom. The molecule has 2 aliphatic heterocycles. The van der Waals surface area contributed by atoms with Crippen molar-refractivity contribution in [3.05, 3.63) is 29.6 Å². The largest absolute Gasteiger partial charge is 0.491 e. The van der Waals surface area contributed by atoms with E-state index in [1.54, 1.807) is 13.1 Å². The molecule has 2 aliphatic rings. The predicted octanol–water partition coefficient (Wildman–Crippen LogP) is 0.776. The molecule has 2 fully saturated rings. The standard InChI is InChI=1S/C21H32FN5O3/c1-3-30-19-5-4-17(14-18(19)22)15-24-21(23-2)27-8-6-25(7-9-27)16-20(28)26-10-12-29-13-11-26/h4-5,14H,3,6-13,15-16H2,1-2H3,(H,23,24). The van der Waals surface area contributed by atoms with Gasteiger partial charge in [-0.1, -0.05) is 6.07 Å². The van der Waals surface area contributed by atoms with E-state index >= 15 is 0 Å². The summed E-state index contributed by atoms with van der Waals surface area (Å²) in [4.78, 5) is 23.0. The molecular formula is C21H32FN5O3. The highest BCUT2D eigenvalue weighted by Crippen LogP contribution is 2.18. The van der Waals surface area contributed by atoms with E-state index < -0.39 is 0 Å². The molecule has 2 saturated heterocycles. The third-order valence-corrected chi connectivity index (χ3v) is 5.35. The number of carbonyl (C=O) groups excluding carboxylic acids is 1. The zero-order chi connectivity index (χ0) is 21.3. The first-order valence-electron chi connectivity index (χ1n) is 10.6. The lowest BCUT2D eigenvalue weighted by molar-refractivity contribution is -0.136. The SMILES string of the molecule is CCOc1ccc(CNC(=NC)N2CCN(CC(=O)N3CCOCC3)CC2)cc1F. The fraction of sp³-hybridized carbons (Fsp3) is 0.619. The third-order valence-electron chi connectivity index (χ3n) is 5.35. The molecule has 0 unspecified atom stereocenters. The van der Waals surface area contributed by atoms with E-state index in [2.05, 4.69) is 20.1 Å². The van der Waals surface area contributed by atoms with Gasteiger partial charge in [0.05, 0.1) is 26.4 Å². The van der Waals surface area contributed by atoms with E-state index in [-0.39, 0.29) is 17.5 Å². The zero-order valence-corrected chi connectivity index (χ0v) is 17.9. The molecule has 0 saturated carbocycles. The Morgan fingerprint density at radius 2 is 1.90 bits per heavy atom. The van der Waals surface area contributed by atoms with Gasteiger partial charge < -0.3 is 24.6 Å². The average Bonchev–Trinajstić information content (AvgIpc) is 2.77. The number of rotatable bonds is 6. The number of guanidine groups is 1. The van der Waals surface area contributed by atoms with E-state index in [0.29, 0.717) is 46.0 Å². The lowest BCUT2D eigenvalue weighted by Gasteiger charge is -2.37. The molecule has 166 valence electrons. The quantitative estimate of drug-likeness (QED) is 0.541. The number of halogens is 1. The monoisotopic (exact) mass is 421 g/mol. The molecule has 0 aromatic heterocycles. The van der Waals surface area contributed by atoms with Crippen LogP contribution in [0.5, 0.6) is 5.75 Å². The molecule has 1 N–H and O–H groups in total. The highest BCUT2D eigenvalue weighted by Gasteiger charge is 2.24. The minimum absolute atomic E-state index is 0.173. The second kappa shape index (κ2) is 11.1. The number of morpholine rings is 1. The van der Waals surface area contributed by atoms with Gasteiger partial charge in [0.15, 0.2) is 17.5 Å². The molecule has 0 atom stereocenters. The fourth-order valence-corrected chi connectivity index (χ4v) is 3.66. The van der Waals surface area contributed by atoms with Crippen LogP contribution in [0.2, 0.25) is 0 Å². The summed E-state index contributed by atoms with van der Waals surface area (Å²) in [5.74, 6) is 0.869. The number of benzene rings is 1. The Hall–Kier alpha value is -2.39. The summed E-state index contributed by atoms with van der Waals surface area (Å²) < 4.78 is 24.6. The van der Waals surface area contributed by atoms with Crippen molar-refractivity contribution in [1.29, 1.82) is 0 Å². The van der Waals surface area contributed by atoms with Crippen molar-refractivity contribution in [2.75, 3.05) is 72.7 Å². The number of nitrogens with one attached hydrogen (secondary N) is 1. The van der Waals surface area contributed by atoms with Gasteiger partial charge in [-0.2, -0.15) is 0 Å². The molecule has 1 aromatic carbocycles. The van der Waals surface area contributed by atoms with Gasteiger partial charge in [0, 0.05) is 52.9 Å². The van der Waals surface area contributed by atoms with Gasteiger partial charge in [-0.3, -0.25) is 14.7 Å². The number of hydrogen-bond donors (Lipinski definition) is 1. The molecule has 0 aliphatic carbocycles. The number of piperazine rings is 1. The maximum atomic E-state index is 14.0. The lowest BCUT2D eigenvalue weighted by Crippen LogP contribution is -2.54. The van der Waals surface area contributed by atoms with Crippen LogP contribution in [0, 0.1) is 5.82 Å². The first kappa shape index (κ1) is 22.3. The van der Waals surface area contributed by atoms with Crippen LogP contribution in [-0.4, -0.2) is 99.2 Å². The van der Waals surface area contributed by atoms with Crippen molar-refractivity contribution >= 4 is 11.9 Å². The first-order valence-corrected chi connectivity index (χ1v) is 10.6. The van der Waals surface area contributed by atoms with Gasteiger partial charge in [-0.05, 0) is 24.6 Å². The summed E-state index contributed by atoms with van der Waals surface area (Å²) in [6, 6.07) is 4.99. The second-order valence-electron chi connectivity index (χ2n) is 7.35. The van der Waals surface area contributed by atoms with Gasteiger partial charge >= 0.3 is 0 Å². The van der Waals surface area contributed by atoms with Crippen molar-refractivity contribution in [2.45, 2.75) is 13.5 Å². The Morgan fingerprint density at radius 1 is 1.17 bits per heavy atom. The van der Waals surface area contributed by atoms with E-state index in [4.69, 9.17) is 9.47 Å². The van der Waals surface area contributed by atoms with Crippen LogP contribution in [0.1, 0.15) is 12.5 Å². The van der Waals surface area contributed by atoms with Gasteiger partial charge in [0.25, 0.3) is 0 Å². The number of nitrogens with zero attached hydrogens (tertiary/aromatic N) is 4. The summed E-state index contributed by atoms with van der Waals surface area (Å²) in [5.41, 5.74) is 0.826. The van der Waals surface area contributed by atoms with Crippen molar-refractivity contribution < 1.29 is 18.7 Å². The number of carbonyl (C=O) groups is 1. The van der Waals surface area contributed by atoms with Gasteiger partial charge in [-0.15, -0.1) is 0 Å². The third kappa shape index (κ3) is 6.06. The smallest absolute Gasteiger partial charge is 0.236 e. The lowest BCUT2D eigenvalue weighted by atomic mass is 10.2. The van der Waals surface area contributed by atoms with Crippen molar-refractivity contribution in [3.63, 3.8) is 0 Å². The number of ether oxygens (including phenoxy) is 2. The van der Waals surface area contributed by atoms with Gasteiger partial charge in [-0.25, -0.2) is 4.39 Å². The van der Waals surface area contributed by atoms with Gasteiger partial charge in [0.1, 0.15) is 0 Å². The fourth-order valence-electron chi connectivity index (χ4n) is 3.66. The van der Waals surface area contributed by atoms with Crippen molar-refractivity contribution in [1.82, 2.24) is 20.0 Å². The maximum absolute atomic E-state index is 14.0. The molecule has 2 heterocycles. The molecule has 8 nitrogen and oxygen atoms in total. The Labute approximate surface area is 177 Å². The summed E-state index contributed by atoms with van der Waals surface area (Å²) in [7, 11) is 1.75. The Balaban J connectivity index is 1.44. The summed E-state index contributed by atoms with van der Waals surface area (Å²) in [5, 5.41) is 3.30. The topological polar surface area (TPSA) is 69.6 Å². The van der Waals surface area contributed by atoms with Gasteiger partial charge in [0.2, 0.25) is 5.91 Å². The predicted molar refractivity (Wildman–Crippen MR) is 113 cm³/mol. The van der Waals surface area contributed by atoms with E-state index in [1.807, 2.05) is 17.9 Å². The molecule has 3 rings (SSSR count). The molecule has 1 aromatic rings. The molecular weight excluding hydrogens is 389 g/mol. The van der Waals surface area contributed by atoms with E-state index in [1.165, 1.54) is 6.07 Å². The molecule has 9 heteroatoms. The molecule has 0 spiro atoms. The van der Waals surface area contributed by atoms with Crippen LogP contribution in [0.25, 0.3) is 0 Å². The van der Waals surface area contributed by atoms with Crippen LogP contribution in [0.4, 0.5) is 4.39 Å². The molecule has 30 heavy (non-hydrogen) atoms. The second-order valence-corrected chi connectivity index (χ2v) is 7.35. The minimum Gasteiger partial charge on any atom is -0.491 e. The first-order chi connectivity index (χ1) is 14.6. The summed E-state index contributed by atoms with van der Waals surface area (Å²) >= 11 is 0. The number of amides is 1. The zero-order valence-electron chi connectivity index (χ0n) is 17.9. The van der Waals surface area contributed by atoms with Crippen LogP contribution >= 0.6 is 0 Å². The molecule has 1 amide bonds. The highest BCUT2D eigenvalue weighted by molar-refractivity contribution is 5.80. The Bertz CT molecular complexity index is 731. The highest BCUT2D eigenvalue weighted by atomic mass is 19.1. The maximum Gasteiger partial charge on any atom is 0.236 e. The number of aliphatic imine (C=N–C) groups is 1.